The van der Waals surface area contributed by atoms with Gasteiger partial charge in [0.15, 0.2) is 0 Å². The summed E-state index contributed by atoms with van der Waals surface area (Å²) < 4.78 is 1.34. The Kier molecular flexibility index (Phi) is 3.56. The molecule has 1 amide bonds. The zero-order valence-corrected chi connectivity index (χ0v) is 12.0. The topological polar surface area (TPSA) is 55.2 Å². The highest BCUT2D eigenvalue weighted by Gasteiger charge is 2.22. The molecule has 0 spiro atoms. The third kappa shape index (κ3) is 2.72. The molecule has 1 aliphatic rings. The minimum atomic E-state index is -0.209. The Morgan fingerprint density at radius 1 is 1.33 bits per heavy atom. The van der Waals surface area contributed by atoms with Crippen LogP contribution in [0.1, 0.15) is 17.5 Å². The maximum Gasteiger partial charge on any atom is 0.253 e. The lowest BCUT2D eigenvalue weighted by Crippen LogP contribution is -2.39. The van der Waals surface area contributed by atoms with Crippen LogP contribution in [0.3, 0.4) is 0 Å². The van der Waals surface area contributed by atoms with E-state index in [1.54, 1.807) is 4.90 Å². The van der Waals surface area contributed by atoms with Gasteiger partial charge in [-0.05, 0) is 31.4 Å². The van der Waals surface area contributed by atoms with E-state index < -0.39 is 0 Å². The van der Waals surface area contributed by atoms with E-state index in [0.717, 1.165) is 18.5 Å². The number of benzene rings is 1. The molecular weight excluding hydrogens is 266 g/mol. The third-order valence-electron chi connectivity index (χ3n) is 3.75. The van der Waals surface area contributed by atoms with Crippen molar-refractivity contribution in [2.24, 2.45) is 0 Å². The lowest BCUT2D eigenvalue weighted by atomic mass is 9.99. The molecule has 0 aliphatic carbocycles. The standard InChI is InChI=1S/C16H17N3O2/c1-12-4-5-14-13(9-12)3-2-8-19(14)16(21)10-18-11-17-7-6-15(18)20/h4-7,9,11H,2-3,8,10H2,1H3. The number of fused-ring (bicyclic) bond motifs is 1. The first-order chi connectivity index (χ1) is 10.1. The molecule has 1 aromatic heterocycles. The van der Waals surface area contributed by atoms with Gasteiger partial charge in [-0.25, -0.2) is 4.98 Å². The van der Waals surface area contributed by atoms with Crippen LogP contribution in [0.25, 0.3) is 0 Å². The van der Waals surface area contributed by atoms with E-state index in [1.807, 2.05) is 12.1 Å². The van der Waals surface area contributed by atoms with Gasteiger partial charge in [0.25, 0.3) is 5.56 Å². The van der Waals surface area contributed by atoms with Crippen LogP contribution in [0, 0.1) is 6.92 Å². The molecule has 2 heterocycles. The summed E-state index contributed by atoms with van der Waals surface area (Å²) in [7, 11) is 0. The first-order valence-electron chi connectivity index (χ1n) is 7.05. The summed E-state index contributed by atoms with van der Waals surface area (Å²) in [6.07, 6.45) is 4.78. The van der Waals surface area contributed by atoms with Crippen molar-refractivity contribution >= 4 is 11.6 Å². The second-order valence-corrected chi connectivity index (χ2v) is 5.33. The van der Waals surface area contributed by atoms with Crippen LogP contribution < -0.4 is 10.5 Å². The van der Waals surface area contributed by atoms with Crippen LogP contribution in [0.2, 0.25) is 0 Å². The molecule has 2 aromatic rings. The van der Waals surface area contributed by atoms with Gasteiger partial charge in [0, 0.05) is 24.5 Å². The molecule has 0 N–H and O–H groups in total. The molecular formula is C16H17N3O2. The lowest BCUT2D eigenvalue weighted by Gasteiger charge is -2.30. The fraction of sp³-hybridized carbons (Fsp3) is 0.312. The number of aromatic nitrogens is 2. The number of nitrogens with zero attached hydrogens (tertiary/aromatic N) is 3. The fourth-order valence-electron chi connectivity index (χ4n) is 2.71. The summed E-state index contributed by atoms with van der Waals surface area (Å²) in [4.78, 5) is 29.9. The number of amides is 1. The Morgan fingerprint density at radius 2 is 2.19 bits per heavy atom. The Labute approximate surface area is 122 Å². The third-order valence-corrected chi connectivity index (χ3v) is 3.75. The monoisotopic (exact) mass is 283 g/mol. The summed E-state index contributed by atoms with van der Waals surface area (Å²) in [5.41, 5.74) is 3.16. The van der Waals surface area contributed by atoms with Crippen molar-refractivity contribution in [3.05, 3.63) is 58.3 Å². The summed E-state index contributed by atoms with van der Waals surface area (Å²) in [6, 6.07) is 7.50. The Hall–Kier alpha value is -2.43. The van der Waals surface area contributed by atoms with E-state index in [1.165, 1.54) is 34.3 Å². The van der Waals surface area contributed by atoms with Gasteiger partial charge in [-0.15, -0.1) is 0 Å². The normalized spacial score (nSPS) is 13.9. The van der Waals surface area contributed by atoms with E-state index in [9.17, 15) is 9.59 Å². The molecule has 3 rings (SSSR count). The summed E-state index contributed by atoms with van der Waals surface area (Å²) in [5.74, 6) is -0.0742. The van der Waals surface area contributed by atoms with E-state index >= 15 is 0 Å². The van der Waals surface area contributed by atoms with Crippen LogP contribution in [0.4, 0.5) is 5.69 Å². The Bertz CT molecular complexity index is 736. The van der Waals surface area contributed by atoms with Crippen LogP contribution in [0.5, 0.6) is 0 Å². The number of anilines is 1. The lowest BCUT2D eigenvalue weighted by molar-refractivity contribution is -0.119. The molecule has 5 heteroatoms. The number of hydrogen-bond acceptors (Lipinski definition) is 3. The number of hydrogen-bond donors (Lipinski definition) is 0. The highest BCUT2D eigenvalue weighted by atomic mass is 16.2. The van der Waals surface area contributed by atoms with E-state index in [0.29, 0.717) is 6.54 Å². The number of aryl methyl sites for hydroxylation is 2. The van der Waals surface area contributed by atoms with Crippen LogP contribution >= 0.6 is 0 Å². The number of carbonyl (C=O) groups excluding carboxylic acids is 1. The van der Waals surface area contributed by atoms with Crippen molar-refractivity contribution < 1.29 is 4.79 Å². The molecule has 21 heavy (non-hydrogen) atoms. The fourth-order valence-corrected chi connectivity index (χ4v) is 2.71. The van der Waals surface area contributed by atoms with Crippen molar-refractivity contribution in [3.8, 4) is 0 Å². The molecule has 1 aromatic carbocycles. The minimum Gasteiger partial charge on any atom is -0.311 e. The molecule has 0 fully saturated rings. The average molecular weight is 283 g/mol. The Morgan fingerprint density at radius 3 is 3.00 bits per heavy atom. The van der Waals surface area contributed by atoms with E-state index in [4.69, 9.17) is 0 Å². The average Bonchev–Trinajstić information content (AvgIpc) is 2.48. The predicted molar refractivity (Wildman–Crippen MR) is 80.4 cm³/mol. The first kappa shape index (κ1) is 13.5. The molecule has 0 saturated carbocycles. The van der Waals surface area contributed by atoms with Crippen LogP contribution in [-0.4, -0.2) is 22.0 Å². The highest BCUT2D eigenvalue weighted by Crippen LogP contribution is 2.28. The van der Waals surface area contributed by atoms with Gasteiger partial charge >= 0.3 is 0 Å². The van der Waals surface area contributed by atoms with Crippen LogP contribution in [0.15, 0.2) is 41.6 Å². The summed E-state index contributed by atoms with van der Waals surface area (Å²) in [6.45, 7) is 2.78. The molecule has 0 atom stereocenters. The molecule has 5 nitrogen and oxygen atoms in total. The highest BCUT2D eigenvalue weighted by molar-refractivity contribution is 5.94. The van der Waals surface area contributed by atoms with E-state index in [-0.39, 0.29) is 18.0 Å². The van der Waals surface area contributed by atoms with Crippen LogP contribution in [-0.2, 0) is 17.8 Å². The Balaban J connectivity index is 1.87. The largest absolute Gasteiger partial charge is 0.311 e. The summed E-state index contributed by atoms with van der Waals surface area (Å²) >= 11 is 0. The molecule has 1 aliphatic heterocycles. The maximum atomic E-state index is 12.5. The van der Waals surface area contributed by atoms with Gasteiger partial charge in [-0.1, -0.05) is 17.7 Å². The van der Waals surface area contributed by atoms with Crippen molar-refractivity contribution in [3.63, 3.8) is 0 Å². The van der Waals surface area contributed by atoms with Gasteiger partial charge in [-0.2, -0.15) is 0 Å². The summed E-state index contributed by atoms with van der Waals surface area (Å²) in [5, 5.41) is 0. The number of rotatable bonds is 2. The van der Waals surface area contributed by atoms with Crippen molar-refractivity contribution in [1.29, 1.82) is 0 Å². The molecule has 0 radical (unpaired) electrons. The smallest absolute Gasteiger partial charge is 0.253 e. The quantitative estimate of drug-likeness (QED) is 0.840. The first-order valence-corrected chi connectivity index (χ1v) is 7.05. The van der Waals surface area contributed by atoms with Crippen molar-refractivity contribution in [1.82, 2.24) is 9.55 Å². The zero-order chi connectivity index (χ0) is 14.8. The van der Waals surface area contributed by atoms with Crippen molar-refractivity contribution in [2.75, 3.05) is 11.4 Å². The molecule has 0 unspecified atom stereocenters. The maximum absolute atomic E-state index is 12.5. The van der Waals surface area contributed by atoms with Gasteiger partial charge in [0.2, 0.25) is 5.91 Å². The van der Waals surface area contributed by atoms with E-state index in [2.05, 4.69) is 18.0 Å². The molecule has 0 saturated heterocycles. The zero-order valence-electron chi connectivity index (χ0n) is 12.0. The number of carbonyl (C=O) groups is 1. The SMILES string of the molecule is Cc1ccc2c(c1)CCCN2C(=O)Cn1cnccc1=O. The van der Waals surface area contributed by atoms with Gasteiger partial charge < -0.3 is 4.90 Å². The predicted octanol–water partition coefficient (Wildman–Crippen LogP) is 1.53. The van der Waals surface area contributed by atoms with Gasteiger partial charge in [0.05, 0.1) is 6.33 Å². The second-order valence-electron chi connectivity index (χ2n) is 5.33. The second kappa shape index (κ2) is 5.52. The molecule has 108 valence electrons. The van der Waals surface area contributed by atoms with Crippen molar-refractivity contribution in [2.45, 2.75) is 26.3 Å². The van der Waals surface area contributed by atoms with Gasteiger partial charge in [0.1, 0.15) is 6.54 Å². The minimum absolute atomic E-state index is 0.0278. The molecule has 0 bridgehead atoms. The van der Waals surface area contributed by atoms with Gasteiger partial charge in [-0.3, -0.25) is 14.2 Å².